The zero-order valence-electron chi connectivity index (χ0n) is 21.9. The molecule has 0 aliphatic carbocycles. The van der Waals surface area contributed by atoms with Crippen molar-refractivity contribution < 1.29 is 28.2 Å². The first-order valence-corrected chi connectivity index (χ1v) is 16.5. The summed E-state index contributed by atoms with van der Waals surface area (Å²) in [6.45, 7) is 17.5. The second-order valence-electron chi connectivity index (χ2n) is 10.0. The van der Waals surface area contributed by atoms with Crippen LogP contribution in [0.15, 0.2) is 24.3 Å². The topological polar surface area (TPSA) is 63.2 Å². The van der Waals surface area contributed by atoms with E-state index < -0.39 is 14.4 Å². The molecule has 1 aliphatic rings. The van der Waals surface area contributed by atoms with Gasteiger partial charge in [-0.25, -0.2) is 0 Å². The van der Waals surface area contributed by atoms with E-state index in [4.69, 9.17) is 23.4 Å². The van der Waals surface area contributed by atoms with Gasteiger partial charge >= 0.3 is 5.97 Å². The molecule has 1 heterocycles. The Morgan fingerprint density at radius 3 is 2.15 bits per heavy atom. The average molecular weight is 595 g/mol. The fraction of sp³-hybridized carbons (Fsp3) is 0.720. The van der Waals surface area contributed by atoms with Gasteiger partial charge in [-0.2, -0.15) is 0 Å². The molecule has 190 valence electrons. The van der Waals surface area contributed by atoms with E-state index in [1.54, 1.807) is 7.11 Å². The lowest BCUT2D eigenvalue weighted by Crippen LogP contribution is -2.59. The van der Waals surface area contributed by atoms with Crippen molar-refractivity contribution in [1.29, 1.82) is 0 Å². The van der Waals surface area contributed by atoms with Crippen molar-refractivity contribution in [3.05, 3.63) is 29.8 Å². The first kappa shape index (κ1) is 30.3. The fourth-order valence-electron chi connectivity index (χ4n) is 3.63. The molecule has 2 rings (SSSR count). The molecular weight excluding hydrogens is 551 g/mol. The molecule has 8 heteroatoms. The van der Waals surface area contributed by atoms with E-state index in [2.05, 4.69) is 63.4 Å². The van der Waals surface area contributed by atoms with Gasteiger partial charge in [-0.3, -0.25) is 4.79 Å². The smallest absolute Gasteiger partial charge is 0.303 e. The van der Waals surface area contributed by atoms with E-state index in [1.165, 1.54) is 6.92 Å². The molecule has 1 aliphatic heterocycles. The van der Waals surface area contributed by atoms with Gasteiger partial charge < -0.3 is 23.4 Å². The third kappa shape index (κ3) is 8.80. The van der Waals surface area contributed by atoms with Crippen LogP contribution in [0.3, 0.4) is 0 Å². The Bertz CT molecular complexity index is 719. The van der Waals surface area contributed by atoms with Gasteiger partial charge in [0.05, 0.1) is 32.5 Å². The molecule has 0 amide bonds. The van der Waals surface area contributed by atoms with Gasteiger partial charge in [0.1, 0.15) is 18.0 Å². The number of ether oxygens (including phenoxy) is 4. The van der Waals surface area contributed by atoms with Crippen LogP contribution in [0.1, 0.15) is 47.1 Å². The Labute approximate surface area is 215 Å². The standard InChI is InChI=1S/C24H40O6Si.CH3I/c1-16-22(30-31(8,9)24(4,5)6)17(2)28-21(23(16)29-18(3)25)15-27-14-19-10-12-20(26-7)13-11-19;1-2/h10-13,16-17,21-23H,14-15H2,1-9H3;1H3/t16?,17-,21?,22?,23-;/m0./s1. The highest BCUT2D eigenvalue weighted by atomic mass is 127. The lowest BCUT2D eigenvalue weighted by molar-refractivity contribution is -0.215. The number of benzene rings is 1. The van der Waals surface area contributed by atoms with Crippen LogP contribution in [0, 0.1) is 5.92 Å². The van der Waals surface area contributed by atoms with E-state index >= 15 is 0 Å². The molecule has 6 nitrogen and oxygen atoms in total. The SMILES string of the molecule is CI.COc1ccc(COCC2O[C@@H](C)C(O[Si](C)(C)C(C)(C)C)C(C)[C@@H]2OC(C)=O)cc1. The van der Waals surface area contributed by atoms with Crippen molar-refractivity contribution in [2.45, 2.75) is 90.7 Å². The molecule has 33 heavy (non-hydrogen) atoms. The molecule has 0 N–H and O–H groups in total. The maximum absolute atomic E-state index is 11.8. The van der Waals surface area contributed by atoms with Crippen molar-refractivity contribution in [2.75, 3.05) is 18.6 Å². The first-order valence-electron chi connectivity index (χ1n) is 11.4. The predicted octanol–water partition coefficient (Wildman–Crippen LogP) is 6.01. The minimum absolute atomic E-state index is 0.00337. The Hall–Kier alpha value is -0.683. The second kappa shape index (κ2) is 13.4. The van der Waals surface area contributed by atoms with Crippen molar-refractivity contribution in [2.24, 2.45) is 5.92 Å². The molecule has 0 aromatic heterocycles. The summed E-state index contributed by atoms with van der Waals surface area (Å²) in [6, 6.07) is 7.76. The van der Waals surface area contributed by atoms with Crippen LogP contribution in [0.5, 0.6) is 5.75 Å². The monoisotopic (exact) mass is 594 g/mol. The predicted molar refractivity (Wildman–Crippen MR) is 144 cm³/mol. The molecule has 0 spiro atoms. The summed E-state index contributed by atoms with van der Waals surface area (Å²) < 4.78 is 29.8. The zero-order valence-corrected chi connectivity index (χ0v) is 25.1. The van der Waals surface area contributed by atoms with Gasteiger partial charge in [0.15, 0.2) is 8.32 Å². The summed E-state index contributed by atoms with van der Waals surface area (Å²) in [5, 5.41) is 0.0850. The van der Waals surface area contributed by atoms with Crippen molar-refractivity contribution >= 4 is 36.9 Å². The summed E-state index contributed by atoms with van der Waals surface area (Å²) in [5.41, 5.74) is 1.04. The quantitative estimate of drug-likeness (QED) is 0.159. The zero-order chi connectivity index (χ0) is 25.4. The molecule has 0 bridgehead atoms. The van der Waals surface area contributed by atoms with Crippen molar-refractivity contribution in [1.82, 2.24) is 0 Å². The number of esters is 1. The van der Waals surface area contributed by atoms with Crippen molar-refractivity contribution in [3.63, 3.8) is 0 Å². The minimum Gasteiger partial charge on any atom is -0.497 e. The summed E-state index contributed by atoms with van der Waals surface area (Å²) >= 11 is 2.15. The lowest BCUT2D eigenvalue weighted by atomic mass is 9.88. The van der Waals surface area contributed by atoms with Gasteiger partial charge in [-0.1, -0.05) is 62.4 Å². The Morgan fingerprint density at radius 1 is 1.09 bits per heavy atom. The van der Waals surface area contributed by atoms with Crippen molar-refractivity contribution in [3.8, 4) is 5.75 Å². The molecule has 3 unspecified atom stereocenters. The van der Waals surface area contributed by atoms with Crippen LogP contribution >= 0.6 is 22.6 Å². The molecule has 0 radical (unpaired) electrons. The highest BCUT2D eigenvalue weighted by molar-refractivity contribution is 14.1. The highest BCUT2D eigenvalue weighted by Gasteiger charge is 2.48. The lowest BCUT2D eigenvalue weighted by Gasteiger charge is -2.48. The number of carbonyl (C=O) groups excluding carboxylic acids is 1. The van der Waals surface area contributed by atoms with Gasteiger partial charge in [0.25, 0.3) is 0 Å². The number of carbonyl (C=O) groups is 1. The number of alkyl halides is 1. The number of hydrogen-bond acceptors (Lipinski definition) is 6. The van der Waals surface area contributed by atoms with Crippen LogP contribution < -0.4 is 4.74 Å². The van der Waals surface area contributed by atoms with Crippen LogP contribution in [-0.2, 0) is 30.0 Å². The van der Waals surface area contributed by atoms with Gasteiger partial charge in [0, 0.05) is 12.8 Å². The largest absolute Gasteiger partial charge is 0.497 e. The number of halogens is 1. The molecular formula is C25H43IO6Si. The molecule has 1 saturated heterocycles. The minimum atomic E-state index is -2.01. The third-order valence-corrected chi connectivity index (χ3v) is 11.0. The maximum atomic E-state index is 11.8. The Morgan fingerprint density at radius 2 is 1.67 bits per heavy atom. The summed E-state index contributed by atoms with van der Waals surface area (Å²) in [7, 11) is -0.362. The molecule has 1 aromatic carbocycles. The average Bonchev–Trinajstić information content (AvgIpc) is 2.74. The van der Waals surface area contributed by atoms with E-state index in [0.717, 1.165) is 11.3 Å². The number of hydrogen-bond donors (Lipinski definition) is 0. The third-order valence-electron chi connectivity index (χ3n) is 6.50. The van der Waals surface area contributed by atoms with Gasteiger partial charge in [0.2, 0.25) is 0 Å². The van der Waals surface area contributed by atoms with Crippen LogP contribution in [0.25, 0.3) is 0 Å². The van der Waals surface area contributed by atoms with E-state index in [9.17, 15) is 4.79 Å². The number of methoxy groups -OCH3 is 1. The second-order valence-corrected chi connectivity index (χ2v) is 14.8. The fourth-order valence-corrected chi connectivity index (χ4v) is 5.07. The van der Waals surface area contributed by atoms with Crippen LogP contribution in [0.4, 0.5) is 0 Å². The van der Waals surface area contributed by atoms with Crippen LogP contribution in [0.2, 0.25) is 18.1 Å². The highest BCUT2D eigenvalue weighted by Crippen LogP contribution is 2.41. The first-order chi connectivity index (χ1) is 15.4. The van der Waals surface area contributed by atoms with E-state index in [0.29, 0.717) is 13.2 Å². The normalized spacial score (nSPS) is 25.6. The molecule has 5 atom stereocenters. The Kier molecular flexibility index (Phi) is 12.3. The van der Waals surface area contributed by atoms with Crippen LogP contribution in [-0.4, -0.2) is 57.3 Å². The van der Waals surface area contributed by atoms with Gasteiger partial charge in [-0.05, 0) is 47.7 Å². The van der Waals surface area contributed by atoms with E-state index in [1.807, 2.05) is 36.1 Å². The summed E-state index contributed by atoms with van der Waals surface area (Å²) in [4.78, 5) is 13.8. The summed E-state index contributed by atoms with van der Waals surface area (Å²) in [5.74, 6) is 0.488. The Balaban J connectivity index is 0.00000265. The maximum Gasteiger partial charge on any atom is 0.303 e. The molecule has 0 saturated carbocycles. The number of rotatable bonds is 8. The molecule has 1 aromatic rings. The van der Waals surface area contributed by atoms with Gasteiger partial charge in [-0.15, -0.1) is 0 Å². The summed E-state index contributed by atoms with van der Waals surface area (Å²) in [6.07, 6.45) is -1.01. The molecule has 1 fully saturated rings. The van der Waals surface area contributed by atoms with E-state index in [-0.39, 0.29) is 35.2 Å².